The van der Waals surface area contributed by atoms with Gasteiger partial charge in [0.25, 0.3) is 11.1 Å². The van der Waals surface area contributed by atoms with E-state index in [0.29, 0.717) is 27.9 Å². The summed E-state index contributed by atoms with van der Waals surface area (Å²) in [5, 5.41) is 8.91. The van der Waals surface area contributed by atoms with Crippen LogP contribution >= 0.6 is 0 Å². The number of carbonyl (C=O) groups excluding carboxylic acids is 1. The molecule has 0 atom stereocenters. The fourth-order valence-electron chi connectivity index (χ4n) is 4.12. The van der Waals surface area contributed by atoms with Crippen molar-refractivity contribution in [3.8, 4) is 23.7 Å². The molecule has 6 rings (SSSR count). The van der Waals surface area contributed by atoms with Gasteiger partial charge in [0, 0.05) is 47.0 Å². The van der Waals surface area contributed by atoms with E-state index in [9.17, 15) is 28.0 Å². The summed E-state index contributed by atoms with van der Waals surface area (Å²) in [7, 11) is 1.20. The average molecular weight is 647 g/mol. The highest BCUT2D eigenvalue weighted by atomic mass is 19.1. The van der Waals surface area contributed by atoms with E-state index in [2.05, 4.69) is 38.4 Å². The van der Waals surface area contributed by atoms with Crippen LogP contribution < -0.4 is 11.1 Å². The third-order valence-electron chi connectivity index (χ3n) is 6.41. The number of carbonyl (C=O) groups is 2. The molecule has 238 valence electrons. The average Bonchev–Trinajstić information content (AvgIpc) is 3.06. The molecule has 0 radical (unpaired) electrons. The van der Waals surface area contributed by atoms with Crippen LogP contribution in [0.4, 0.5) is 8.78 Å². The Hall–Kier alpha value is -6.92. The first-order valence-electron chi connectivity index (χ1n) is 13.5. The molecule has 12 heteroatoms. The second-order valence-electron chi connectivity index (χ2n) is 9.56. The lowest BCUT2D eigenvalue weighted by Gasteiger charge is -2.03. The molecule has 1 N–H and O–H groups in total. The van der Waals surface area contributed by atoms with E-state index in [-0.39, 0.29) is 30.3 Å². The number of pyridine rings is 2. The molecule has 4 heterocycles. The number of halogens is 2. The van der Waals surface area contributed by atoms with Crippen LogP contribution in [0, 0.1) is 35.3 Å². The second kappa shape index (κ2) is 14.9. The Bertz CT molecular complexity index is 2450. The number of nitrogens with zero attached hydrogens (tertiary/aromatic N) is 4. The number of esters is 1. The number of methoxy groups -OCH3 is 1. The molecule has 0 saturated carbocycles. The van der Waals surface area contributed by atoms with Crippen LogP contribution in [0.25, 0.3) is 11.3 Å². The molecule has 0 aliphatic carbocycles. The van der Waals surface area contributed by atoms with Crippen molar-refractivity contribution in [3.63, 3.8) is 0 Å². The first-order chi connectivity index (χ1) is 22.6. The Kier molecular flexibility index (Phi) is 10.5. The molecular weight excluding hydrogens is 622 g/mol. The van der Waals surface area contributed by atoms with Crippen molar-refractivity contribution in [2.75, 3.05) is 7.11 Å². The number of aromatic carboxylic acids is 1. The van der Waals surface area contributed by atoms with Crippen LogP contribution in [0.3, 0.4) is 0 Å². The van der Waals surface area contributed by atoms with Crippen LogP contribution in [0.5, 0.6) is 0 Å². The molecule has 0 amide bonds. The number of hydrogen-bond donors (Lipinski definition) is 1. The van der Waals surface area contributed by atoms with Crippen molar-refractivity contribution in [2.24, 2.45) is 0 Å². The molecule has 0 spiro atoms. The fraction of sp³-hybridized carbons (Fsp3) is 0.0556. The number of ether oxygens (including phenoxy) is 1. The van der Waals surface area contributed by atoms with Gasteiger partial charge in [-0.3, -0.25) is 18.4 Å². The lowest BCUT2D eigenvalue weighted by Crippen LogP contribution is -2.23. The SMILES string of the molecule is C.COC(=O)c1cnc2cc(C#Cc3cccc(F)c3)ccn2c1=O.O=C(O)c1cnc2cc(C#Cc3cccc(F)c3)ccn2c1=O. The summed E-state index contributed by atoms with van der Waals surface area (Å²) in [4.78, 5) is 54.6. The van der Waals surface area contributed by atoms with Gasteiger partial charge in [-0.05, 0) is 60.7 Å². The van der Waals surface area contributed by atoms with Crippen molar-refractivity contribution in [2.45, 2.75) is 7.43 Å². The first-order valence-corrected chi connectivity index (χ1v) is 13.5. The summed E-state index contributed by atoms with van der Waals surface area (Å²) < 4.78 is 33.1. The van der Waals surface area contributed by atoms with Gasteiger partial charge in [0.2, 0.25) is 0 Å². The Morgan fingerprint density at radius 2 is 1.10 bits per heavy atom. The molecule has 0 saturated heterocycles. The Balaban J connectivity index is 0.000000212. The minimum atomic E-state index is -1.33. The van der Waals surface area contributed by atoms with Gasteiger partial charge in [-0.15, -0.1) is 0 Å². The van der Waals surface area contributed by atoms with Gasteiger partial charge in [-0.1, -0.05) is 43.2 Å². The monoisotopic (exact) mass is 646 g/mol. The van der Waals surface area contributed by atoms with Gasteiger partial charge in [0.15, 0.2) is 0 Å². The number of carboxylic acid groups (broad SMARTS) is 1. The number of rotatable bonds is 2. The van der Waals surface area contributed by atoms with E-state index in [1.807, 2.05) is 0 Å². The third-order valence-corrected chi connectivity index (χ3v) is 6.41. The summed E-state index contributed by atoms with van der Waals surface area (Å²) >= 11 is 0. The van der Waals surface area contributed by atoms with E-state index >= 15 is 0 Å². The standard InChI is InChI=1S/C18H11FN2O3.C17H9FN2O3.CH4/c1-24-18(23)15-11-20-16-10-13(7-8-21(16)17(15)22)6-5-12-3-2-4-14(19)9-12;18-13-3-1-2-11(8-13)4-5-12-6-7-20-15(9-12)19-10-14(16(20)21)17(22)23;/h2-4,7-11H,1H3;1-3,6-10H,(H,22,23);1H4. The molecule has 0 unspecified atom stereocenters. The molecule has 10 nitrogen and oxygen atoms in total. The number of aromatic nitrogens is 4. The molecule has 6 aromatic rings. The lowest BCUT2D eigenvalue weighted by molar-refractivity contribution is 0.0597. The molecule has 2 aromatic carbocycles. The minimum Gasteiger partial charge on any atom is -0.477 e. The summed E-state index contributed by atoms with van der Waals surface area (Å²) in [6, 6.07) is 18.2. The van der Waals surface area contributed by atoms with Gasteiger partial charge >= 0.3 is 11.9 Å². The van der Waals surface area contributed by atoms with Crippen LogP contribution in [-0.2, 0) is 4.74 Å². The summed E-state index contributed by atoms with van der Waals surface area (Å²) in [5.74, 6) is 8.59. The van der Waals surface area contributed by atoms with E-state index in [1.165, 1.54) is 54.4 Å². The predicted molar refractivity (Wildman–Crippen MR) is 173 cm³/mol. The van der Waals surface area contributed by atoms with Crippen molar-refractivity contribution < 1.29 is 28.2 Å². The zero-order valence-electron chi connectivity index (χ0n) is 24.3. The van der Waals surface area contributed by atoms with Crippen LogP contribution in [0.2, 0.25) is 0 Å². The predicted octanol–water partition coefficient (Wildman–Crippen LogP) is 4.59. The topological polar surface area (TPSA) is 132 Å². The quantitative estimate of drug-likeness (QED) is 0.214. The number of hydrogen-bond acceptors (Lipinski definition) is 7. The number of carboxylic acids is 1. The van der Waals surface area contributed by atoms with E-state index in [4.69, 9.17) is 5.11 Å². The number of fused-ring (bicyclic) bond motifs is 2. The number of benzene rings is 2. The molecule has 0 fully saturated rings. The molecule has 0 bridgehead atoms. The summed E-state index contributed by atoms with van der Waals surface area (Å²) in [6.07, 6.45) is 5.08. The zero-order valence-corrected chi connectivity index (χ0v) is 24.3. The maximum atomic E-state index is 13.1. The largest absolute Gasteiger partial charge is 0.477 e. The molecule has 0 aliphatic rings. The van der Waals surface area contributed by atoms with Gasteiger partial charge in [0.05, 0.1) is 7.11 Å². The second-order valence-corrected chi connectivity index (χ2v) is 9.56. The van der Waals surface area contributed by atoms with Crippen LogP contribution in [0.1, 0.15) is 50.4 Å². The van der Waals surface area contributed by atoms with Gasteiger partial charge in [-0.25, -0.2) is 28.3 Å². The summed E-state index contributed by atoms with van der Waals surface area (Å²) in [6.45, 7) is 0. The van der Waals surface area contributed by atoms with Gasteiger partial charge in [0.1, 0.15) is 34.1 Å². The van der Waals surface area contributed by atoms with E-state index in [1.54, 1.807) is 48.5 Å². The maximum Gasteiger partial charge on any atom is 0.345 e. The van der Waals surface area contributed by atoms with Crippen LogP contribution in [-0.4, -0.2) is 42.9 Å². The van der Waals surface area contributed by atoms with E-state index < -0.39 is 28.6 Å². The van der Waals surface area contributed by atoms with Crippen LogP contribution in [0.15, 0.2) is 107 Å². The Morgan fingerprint density at radius 3 is 1.52 bits per heavy atom. The van der Waals surface area contributed by atoms with Crippen molar-refractivity contribution in [1.29, 1.82) is 0 Å². The molecule has 4 aromatic heterocycles. The minimum absolute atomic E-state index is 0. The highest BCUT2D eigenvalue weighted by Crippen LogP contribution is 2.07. The molecule has 0 aliphatic heterocycles. The van der Waals surface area contributed by atoms with Gasteiger partial charge < -0.3 is 9.84 Å². The maximum absolute atomic E-state index is 13.1. The van der Waals surface area contributed by atoms with E-state index in [0.717, 1.165) is 10.6 Å². The van der Waals surface area contributed by atoms with Crippen molar-refractivity contribution >= 4 is 23.2 Å². The fourth-order valence-corrected chi connectivity index (χ4v) is 4.12. The first kappa shape index (κ1) is 34.0. The Morgan fingerprint density at radius 1 is 0.688 bits per heavy atom. The van der Waals surface area contributed by atoms with Crippen molar-refractivity contribution in [3.05, 3.63) is 163 Å². The van der Waals surface area contributed by atoms with Gasteiger partial charge in [-0.2, -0.15) is 0 Å². The Labute approximate surface area is 271 Å². The molecular formula is C36H24F2N4O6. The lowest BCUT2D eigenvalue weighted by atomic mass is 10.2. The summed E-state index contributed by atoms with van der Waals surface area (Å²) in [5.41, 5.74) is 1.15. The smallest absolute Gasteiger partial charge is 0.345 e. The highest BCUT2D eigenvalue weighted by molar-refractivity contribution is 5.88. The normalized spacial score (nSPS) is 9.90. The zero-order chi connectivity index (χ0) is 33.5. The highest BCUT2D eigenvalue weighted by Gasteiger charge is 2.13. The molecule has 48 heavy (non-hydrogen) atoms. The third kappa shape index (κ3) is 7.83. The van der Waals surface area contributed by atoms with Crippen molar-refractivity contribution in [1.82, 2.24) is 18.8 Å².